The van der Waals surface area contributed by atoms with Crippen molar-refractivity contribution in [2.24, 2.45) is 0 Å². The van der Waals surface area contributed by atoms with Gasteiger partial charge in [0.1, 0.15) is 0 Å². The summed E-state index contributed by atoms with van der Waals surface area (Å²) in [4.78, 5) is 11.1. The Hall–Kier alpha value is -1.57. The molecule has 0 bridgehead atoms. The zero-order chi connectivity index (χ0) is 10.4. The molecule has 0 saturated carbocycles. The van der Waals surface area contributed by atoms with Crippen LogP contribution in [0.15, 0.2) is 36.4 Å². The van der Waals surface area contributed by atoms with Gasteiger partial charge in [-0.3, -0.25) is 4.79 Å². The van der Waals surface area contributed by atoms with Gasteiger partial charge in [0, 0.05) is 6.54 Å². The summed E-state index contributed by atoms with van der Waals surface area (Å²) in [6.45, 7) is 4.46. The number of carbonyl (C=O) groups is 1. The highest BCUT2D eigenvalue weighted by Crippen LogP contribution is 2.02. The standard InChI is InChI=1S/C12H15NO/c1-3-4-12(14)13-9-11-7-5-10(2)6-8-11/h3-8H,9H2,1-2H3,(H,13,14). The predicted molar refractivity (Wildman–Crippen MR) is 57.8 cm³/mol. The Morgan fingerprint density at radius 3 is 2.57 bits per heavy atom. The third kappa shape index (κ3) is 3.44. The Kier molecular flexibility index (Phi) is 3.92. The van der Waals surface area contributed by atoms with Crippen LogP contribution in [0, 0.1) is 6.92 Å². The molecule has 0 aliphatic carbocycles. The number of aryl methyl sites for hydroxylation is 1. The molecule has 1 rings (SSSR count). The topological polar surface area (TPSA) is 29.1 Å². The molecule has 14 heavy (non-hydrogen) atoms. The van der Waals surface area contributed by atoms with Gasteiger partial charge < -0.3 is 5.32 Å². The summed E-state index contributed by atoms with van der Waals surface area (Å²) in [5, 5.41) is 2.79. The molecule has 1 aromatic carbocycles. The first-order valence-electron chi connectivity index (χ1n) is 4.68. The molecule has 1 N–H and O–H groups in total. The van der Waals surface area contributed by atoms with E-state index >= 15 is 0 Å². The van der Waals surface area contributed by atoms with E-state index in [0.29, 0.717) is 6.54 Å². The second kappa shape index (κ2) is 5.22. The molecule has 0 saturated heterocycles. The van der Waals surface area contributed by atoms with E-state index in [4.69, 9.17) is 0 Å². The Morgan fingerprint density at radius 1 is 1.36 bits per heavy atom. The van der Waals surface area contributed by atoms with E-state index in [9.17, 15) is 4.79 Å². The highest BCUT2D eigenvalue weighted by molar-refractivity contribution is 5.87. The van der Waals surface area contributed by atoms with Crippen LogP contribution in [0.2, 0.25) is 0 Å². The lowest BCUT2D eigenvalue weighted by Crippen LogP contribution is -2.20. The van der Waals surface area contributed by atoms with Crippen molar-refractivity contribution < 1.29 is 4.79 Å². The van der Waals surface area contributed by atoms with Crippen LogP contribution < -0.4 is 5.32 Å². The molecule has 1 amide bonds. The molecule has 0 atom stereocenters. The normalized spacial score (nSPS) is 10.4. The van der Waals surface area contributed by atoms with Crippen LogP contribution in [0.5, 0.6) is 0 Å². The van der Waals surface area contributed by atoms with E-state index < -0.39 is 0 Å². The number of nitrogens with one attached hydrogen (secondary N) is 1. The average Bonchev–Trinajstić information content (AvgIpc) is 2.17. The van der Waals surface area contributed by atoms with Crippen molar-refractivity contribution in [2.45, 2.75) is 20.4 Å². The molecular formula is C12H15NO. The van der Waals surface area contributed by atoms with Crippen LogP contribution in [0.25, 0.3) is 0 Å². The van der Waals surface area contributed by atoms with E-state index in [1.807, 2.05) is 38.1 Å². The van der Waals surface area contributed by atoms with Crippen molar-refractivity contribution >= 4 is 5.91 Å². The molecular weight excluding hydrogens is 174 g/mol. The number of allylic oxidation sites excluding steroid dienone is 1. The van der Waals surface area contributed by atoms with Gasteiger partial charge in [0.25, 0.3) is 0 Å². The van der Waals surface area contributed by atoms with Crippen LogP contribution in [-0.4, -0.2) is 5.91 Å². The Morgan fingerprint density at radius 2 is 2.00 bits per heavy atom. The molecule has 74 valence electrons. The van der Waals surface area contributed by atoms with Crippen molar-refractivity contribution in [1.29, 1.82) is 0 Å². The highest BCUT2D eigenvalue weighted by atomic mass is 16.1. The van der Waals surface area contributed by atoms with Crippen LogP contribution in [0.1, 0.15) is 18.1 Å². The molecule has 0 spiro atoms. The molecule has 0 radical (unpaired) electrons. The zero-order valence-electron chi connectivity index (χ0n) is 8.58. The minimum atomic E-state index is -0.0481. The van der Waals surface area contributed by atoms with Crippen molar-refractivity contribution in [2.75, 3.05) is 0 Å². The lowest BCUT2D eigenvalue weighted by Gasteiger charge is -2.02. The van der Waals surface area contributed by atoms with Gasteiger partial charge in [-0.25, -0.2) is 0 Å². The first-order valence-corrected chi connectivity index (χ1v) is 4.68. The number of rotatable bonds is 3. The number of benzene rings is 1. The molecule has 0 fully saturated rings. The summed E-state index contributed by atoms with van der Waals surface area (Å²) in [5.41, 5.74) is 2.35. The maximum atomic E-state index is 11.1. The largest absolute Gasteiger partial charge is 0.348 e. The zero-order valence-corrected chi connectivity index (χ0v) is 8.58. The molecule has 1 aromatic rings. The van der Waals surface area contributed by atoms with Gasteiger partial charge in [-0.15, -0.1) is 0 Å². The Bertz CT molecular complexity index is 325. The van der Waals surface area contributed by atoms with Crippen LogP contribution in [0.4, 0.5) is 0 Å². The minimum absolute atomic E-state index is 0.0481. The SMILES string of the molecule is CC=CC(=O)NCc1ccc(C)cc1. The van der Waals surface area contributed by atoms with Crippen LogP contribution >= 0.6 is 0 Å². The van der Waals surface area contributed by atoms with E-state index in [0.717, 1.165) is 5.56 Å². The van der Waals surface area contributed by atoms with Crippen molar-refractivity contribution in [1.82, 2.24) is 5.32 Å². The van der Waals surface area contributed by atoms with Crippen LogP contribution in [0.3, 0.4) is 0 Å². The molecule has 0 aromatic heterocycles. The fourth-order valence-electron chi connectivity index (χ4n) is 1.11. The summed E-state index contributed by atoms with van der Waals surface area (Å²) >= 11 is 0. The fourth-order valence-corrected chi connectivity index (χ4v) is 1.11. The molecule has 0 aliphatic heterocycles. The second-order valence-electron chi connectivity index (χ2n) is 3.20. The Balaban J connectivity index is 2.46. The van der Waals surface area contributed by atoms with E-state index in [-0.39, 0.29) is 5.91 Å². The summed E-state index contributed by atoms with van der Waals surface area (Å²) in [5.74, 6) is -0.0481. The molecule has 0 heterocycles. The molecule has 0 unspecified atom stereocenters. The third-order valence-corrected chi connectivity index (χ3v) is 1.91. The van der Waals surface area contributed by atoms with Gasteiger partial charge in [0.2, 0.25) is 5.91 Å². The third-order valence-electron chi connectivity index (χ3n) is 1.91. The highest BCUT2D eigenvalue weighted by Gasteiger charge is 1.95. The van der Waals surface area contributed by atoms with Crippen molar-refractivity contribution in [3.8, 4) is 0 Å². The second-order valence-corrected chi connectivity index (χ2v) is 3.20. The van der Waals surface area contributed by atoms with Gasteiger partial charge in [-0.1, -0.05) is 35.9 Å². The smallest absolute Gasteiger partial charge is 0.243 e. The number of carbonyl (C=O) groups excluding carboxylic acids is 1. The maximum Gasteiger partial charge on any atom is 0.243 e. The van der Waals surface area contributed by atoms with Gasteiger partial charge >= 0.3 is 0 Å². The average molecular weight is 189 g/mol. The van der Waals surface area contributed by atoms with E-state index in [2.05, 4.69) is 5.32 Å². The van der Waals surface area contributed by atoms with Crippen molar-refractivity contribution in [3.05, 3.63) is 47.5 Å². The quantitative estimate of drug-likeness (QED) is 0.725. The molecule has 2 nitrogen and oxygen atoms in total. The van der Waals surface area contributed by atoms with E-state index in [1.54, 1.807) is 6.08 Å². The Labute approximate surface area is 84.6 Å². The monoisotopic (exact) mass is 189 g/mol. The number of amides is 1. The first kappa shape index (κ1) is 10.5. The van der Waals surface area contributed by atoms with E-state index in [1.165, 1.54) is 11.6 Å². The summed E-state index contributed by atoms with van der Waals surface area (Å²) in [6.07, 6.45) is 3.25. The van der Waals surface area contributed by atoms with Crippen LogP contribution in [-0.2, 0) is 11.3 Å². The van der Waals surface area contributed by atoms with Gasteiger partial charge in [0.15, 0.2) is 0 Å². The van der Waals surface area contributed by atoms with Gasteiger partial charge in [-0.2, -0.15) is 0 Å². The molecule has 2 heteroatoms. The lowest BCUT2D eigenvalue weighted by molar-refractivity contribution is -0.116. The number of hydrogen-bond acceptors (Lipinski definition) is 1. The van der Waals surface area contributed by atoms with Gasteiger partial charge in [0.05, 0.1) is 0 Å². The summed E-state index contributed by atoms with van der Waals surface area (Å²) < 4.78 is 0. The maximum absolute atomic E-state index is 11.1. The number of hydrogen-bond donors (Lipinski definition) is 1. The van der Waals surface area contributed by atoms with Gasteiger partial charge in [-0.05, 0) is 25.5 Å². The minimum Gasteiger partial charge on any atom is -0.348 e. The summed E-state index contributed by atoms with van der Waals surface area (Å²) in [6, 6.07) is 8.12. The summed E-state index contributed by atoms with van der Waals surface area (Å²) in [7, 11) is 0. The first-order chi connectivity index (χ1) is 6.72. The lowest BCUT2D eigenvalue weighted by atomic mass is 10.1. The predicted octanol–water partition coefficient (Wildman–Crippen LogP) is 2.19. The van der Waals surface area contributed by atoms with Crippen molar-refractivity contribution in [3.63, 3.8) is 0 Å². The molecule has 0 aliphatic rings. The fraction of sp³-hybridized carbons (Fsp3) is 0.250.